The molecule has 0 aliphatic rings. The fraction of sp³-hybridized carbons (Fsp3) is 0.0588. The lowest BCUT2D eigenvalue weighted by Crippen LogP contribution is -2.32. The molecule has 3 nitrogen and oxygen atoms in total. The van der Waals surface area contributed by atoms with E-state index < -0.39 is 12.9 Å². The molecule has 22 heavy (non-hydrogen) atoms. The van der Waals surface area contributed by atoms with E-state index in [9.17, 15) is 14.4 Å². The Bertz CT molecular complexity index is 833. The van der Waals surface area contributed by atoms with Gasteiger partial charge in [-0.15, -0.1) is 0 Å². The van der Waals surface area contributed by atoms with Crippen LogP contribution < -0.4 is 10.2 Å². The fourth-order valence-electron chi connectivity index (χ4n) is 2.70. The summed E-state index contributed by atoms with van der Waals surface area (Å²) in [6, 6.07) is 15.4. The Kier molecular flexibility index (Phi) is 3.83. The predicted molar refractivity (Wildman–Crippen MR) is 85.7 cm³/mol. The third kappa shape index (κ3) is 2.34. The van der Waals surface area contributed by atoms with Crippen molar-refractivity contribution in [3.63, 3.8) is 0 Å². The molecule has 0 aliphatic heterocycles. The Morgan fingerprint density at radius 1 is 0.909 bits per heavy atom. The van der Waals surface area contributed by atoms with E-state index in [1.807, 2.05) is 30.3 Å². The van der Waals surface area contributed by atoms with Crippen LogP contribution in [0.2, 0.25) is 0 Å². The topological polar surface area (TPSA) is 49.7 Å². The summed E-state index contributed by atoms with van der Waals surface area (Å²) in [5.74, 6) is -0.0500. The van der Waals surface area contributed by atoms with Gasteiger partial charge in [0, 0.05) is 11.1 Å². The van der Waals surface area contributed by atoms with E-state index in [1.165, 1.54) is 25.3 Å². The molecule has 3 rings (SSSR count). The standard InChI is InChI=1S/C17H14BFO3/c1-22-15-10-9-11-5-2-3-6-12(11)16(15)17-13(18(20)21)7-4-8-14(17)19/h2-10,20-21H,1H3. The van der Waals surface area contributed by atoms with Crippen LogP contribution in [0.25, 0.3) is 21.9 Å². The van der Waals surface area contributed by atoms with Gasteiger partial charge in [-0.05, 0) is 28.4 Å². The van der Waals surface area contributed by atoms with E-state index in [4.69, 9.17) is 4.74 Å². The molecule has 0 saturated heterocycles. The van der Waals surface area contributed by atoms with Gasteiger partial charge in [-0.1, -0.05) is 42.5 Å². The van der Waals surface area contributed by atoms with Crippen molar-refractivity contribution in [2.24, 2.45) is 0 Å². The first kappa shape index (κ1) is 14.6. The lowest BCUT2D eigenvalue weighted by atomic mass is 9.74. The van der Waals surface area contributed by atoms with Crippen LogP contribution in [-0.4, -0.2) is 24.3 Å². The summed E-state index contributed by atoms with van der Waals surface area (Å²) >= 11 is 0. The summed E-state index contributed by atoms with van der Waals surface area (Å²) in [5.41, 5.74) is 0.766. The minimum absolute atomic E-state index is 0.106. The van der Waals surface area contributed by atoms with Crippen molar-refractivity contribution in [1.82, 2.24) is 0 Å². The van der Waals surface area contributed by atoms with Gasteiger partial charge in [-0.2, -0.15) is 0 Å². The monoisotopic (exact) mass is 296 g/mol. The van der Waals surface area contributed by atoms with E-state index in [-0.39, 0.29) is 11.0 Å². The van der Waals surface area contributed by atoms with Crippen molar-refractivity contribution in [3.8, 4) is 16.9 Å². The van der Waals surface area contributed by atoms with Gasteiger partial charge in [0.15, 0.2) is 0 Å². The molecule has 0 bridgehead atoms. The number of hydrogen-bond acceptors (Lipinski definition) is 3. The molecule has 2 N–H and O–H groups in total. The maximum absolute atomic E-state index is 14.5. The molecular formula is C17H14BFO3. The van der Waals surface area contributed by atoms with Crippen molar-refractivity contribution in [2.75, 3.05) is 7.11 Å². The molecule has 0 saturated carbocycles. The first-order chi connectivity index (χ1) is 10.6. The van der Waals surface area contributed by atoms with Gasteiger partial charge in [-0.3, -0.25) is 0 Å². The molecule has 0 atom stereocenters. The Balaban J connectivity index is 2.45. The second kappa shape index (κ2) is 5.79. The zero-order valence-electron chi connectivity index (χ0n) is 12.0. The van der Waals surface area contributed by atoms with Gasteiger partial charge >= 0.3 is 7.12 Å². The second-order valence-electron chi connectivity index (χ2n) is 4.94. The van der Waals surface area contributed by atoms with Crippen LogP contribution in [0.5, 0.6) is 5.75 Å². The van der Waals surface area contributed by atoms with E-state index in [0.29, 0.717) is 11.3 Å². The first-order valence-electron chi connectivity index (χ1n) is 6.84. The zero-order chi connectivity index (χ0) is 15.7. The highest BCUT2D eigenvalue weighted by molar-refractivity contribution is 6.60. The maximum atomic E-state index is 14.5. The van der Waals surface area contributed by atoms with E-state index >= 15 is 0 Å². The molecule has 0 radical (unpaired) electrons. The molecular weight excluding hydrogens is 282 g/mol. The molecule has 5 heteroatoms. The predicted octanol–water partition coefficient (Wildman–Crippen LogP) is 2.33. The number of benzene rings is 3. The first-order valence-corrected chi connectivity index (χ1v) is 6.84. The van der Waals surface area contributed by atoms with Crippen molar-refractivity contribution >= 4 is 23.4 Å². The highest BCUT2D eigenvalue weighted by Crippen LogP contribution is 2.37. The highest BCUT2D eigenvalue weighted by atomic mass is 19.1. The average Bonchev–Trinajstić information content (AvgIpc) is 2.53. The molecule has 3 aromatic carbocycles. The number of hydrogen-bond donors (Lipinski definition) is 2. The van der Waals surface area contributed by atoms with Gasteiger partial charge < -0.3 is 14.8 Å². The van der Waals surface area contributed by atoms with Gasteiger partial charge in [0.25, 0.3) is 0 Å². The van der Waals surface area contributed by atoms with Crippen LogP contribution >= 0.6 is 0 Å². The normalized spacial score (nSPS) is 10.7. The smallest absolute Gasteiger partial charge is 0.489 e. The quantitative estimate of drug-likeness (QED) is 0.729. The molecule has 0 spiro atoms. The lowest BCUT2D eigenvalue weighted by molar-refractivity contribution is 0.416. The Labute approximate surface area is 127 Å². The van der Waals surface area contributed by atoms with E-state index in [0.717, 1.165) is 10.8 Å². The number of halogens is 1. The lowest BCUT2D eigenvalue weighted by Gasteiger charge is -2.16. The molecule has 0 aliphatic carbocycles. The highest BCUT2D eigenvalue weighted by Gasteiger charge is 2.23. The van der Waals surface area contributed by atoms with Crippen LogP contribution in [-0.2, 0) is 0 Å². The summed E-state index contributed by atoms with van der Waals surface area (Å²) in [4.78, 5) is 0. The van der Waals surface area contributed by atoms with Crippen molar-refractivity contribution in [2.45, 2.75) is 0 Å². The van der Waals surface area contributed by atoms with Crippen LogP contribution in [0.4, 0.5) is 4.39 Å². The maximum Gasteiger partial charge on any atom is 0.489 e. The summed E-state index contributed by atoms with van der Waals surface area (Å²) in [6.07, 6.45) is 0. The summed E-state index contributed by atoms with van der Waals surface area (Å²) in [5, 5.41) is 20.9. The van der Waals surface area contributed by atoms with Crippen LogP contribution in [0.15, 0.2) is 54.6 Å². The van der Waals surface area contributed by atoms with Crippen LogP contribution in [0.3, 0.4) is 0 Å². The van der Waals surface area contributed by atoms with Crippen molar-refractivity contribution in [3.05, 3.63) is 60.4 Å². The van der Waals surface area contributed by atoms with Crippen molar-refractivity contribution < 1.29 is 19.2 Å². The molecule has 0 aromatic heterocycles. The zero-order valence-corrected chi connectivity index (χ0v) is 12.0. The third-order valence-electron chi connectivity index (χ3n) is 3.68. The second-order valence-corrected chi connectivity index (χ2v) is 4.94. The minimum Gasteiger partial charge on any atom is -0.496 e. The molecule has 0 fully saturated rings. The molecule has 0 amide bonds. The number of methoxy groups -OCH3 is 1. The van der Waals surface area contributed by atoms with Crippen LogP contribution in [0.1, 0.15) is 0 Å². The van der Waals surface area contributed by atoms with Gasteiger partial charge in [-0.25, -0.2) is 4.39 Å². The van der Waals surface area contributed by atoms with E-state index in [2.05, 4.69) is 0 Å². The number of ether oxygens (including phenoxy) is 1. The summed E-state index contributed by atoms with van der Waals surface area (Å²) in [6.45, 7) is 0. The molecule has 0 unspecified atom stereocenters. The van der Waals surface area contributed by atoms with Gasteiger partial charge in [0.05, 0.1) is 7.11 Å². The Morgan fingerprint density at radius 2 is 1.68 bits per heavy atom. The van der Waals surface area contributed by atoms with Crippen LogP contribution in [0, 0.1) is 5.82 Å². The summed E-state index contributed by atoms with van der Waals surface area (Å²) in [7, 11) is -0.266. The van der Waals surface area contributed by atoms with Gasteiger partial charge in [0.1, 0.15) is 11.6 Å². The minimum atomic E-state index is -1.77. The number of rotatable bonds is 3. The third-order valence-corrected chi connectivity index (χ3v) is 3.68. The molecule has 110 valence electrons. The largest absolute Gasteiger partial charge is 0.496 e. The molecule has 3 aromatic rings. The summed E-state index contributed by atoms with van der Waals surface area (Å²) < 4.78 is 19.8. The van der Waals surface area contributed by atoms with Gasteiger partial charge in [0.2, 0.25) is 0 Å². The number of fused-ring (bicyclic) bond motifs is 1. The average molecular weight is 296 g/mol. The van der Waals surface area contributed by atoms with Crippen molar-refractivity contribution in [1.29, 1.82) is 0 Å². The fourth-order valence-corrected chi connectivity index (χ4v) is 2.70. The Hall–Kier alpha value is -2.37. The molecule has 0 heterocycles. The SMILES string of the molecule is COc1ccc2ccccc2c1-c1c(F)cccc1B(O)O. The Morgan fingerprint density at radius 3 is 2.41 bits per heavy atom. The van der Waals surface area contributed by atoms with E-state index in [1.54, 1.807) is 6.07 Å².